The number of hydrogen-bond acceptors (Lipinski definition) is 6. The predicted molar refractivity (Wildman–Crippen MR) is 64.5 cm³/mol. The molecule has 0 bridgehead atoms. The summed E-state index contributed by atoms with van der Waals surface area (Å²) in [6.45, 7) is -0.473. The maximum Gasteiger partial charge on any atom is 0.229 e. The Balaban J connectivity index is 0.00000180. The van der Waals surface area contributed by atoms with Crippen LogP contribution in [0.5, 0.6) is 5.75 Å². The van der Waals surface area contributed by atoms with E-state index in [1.54, 1.807) is 30.3 Å². The number of rotatable bonds is 3. The van der Waals surface area contributed by atoms with Gasteiger partial charge in [0.1, 0.15) is 30.2 Å². The first kappa shape index (κ1) is 15.8. The number of aliphatic hydroxyl groups is 4. The summed E-state index contributed by atoms with van der Waals surface area (Å²) in [5, 5.41) is 37.9. The van der Waals surface area contributed by atoms with Crippen LogP contribution >= 0.6 is 0 Å². The zero-order valence-electron chi connectivity index (χ0n) is 10.1. The molecule has 1 aromatic rings. The normalized spacial score (nSPS) is 34.4. The first-order valence-electron chi connectivity index (χ1n) is 5.65. The molecule has 0 spiro atoms. The van der Waals surface area contributed by atoms with E-state index in [0.717, 1.165) is 0 Å². The maximum atomic E-state index is 9.74. The molecule has 6 N–H and O–H groups in total. The molecule has 0 aliphatic carbocycles. The van der Waals surface area contributed by atoms with Crippen molar-refractivity contribution in [1.82, 2.24) is 0 Å². The minimum atomic E-state index is -1.43. The van der Waals surface area contributed by atoms with Crippen molar-refractivity contribution in [3.05, 3.63) is 30.3 Å². The Morgan fingerprint density at radius 2 is 1.63 bits per heavy atom. The summed E-state index contributed by atoms with van der Waals surface area (Å²) < 4.78 is 10.6. The van der Waals surface area contributed by atoms with E-state index < -0.39 is 37.3 Å². The van der Waals surface area contributed by atoms with Crippen LogP contribution in [0, 0.1) is 0 Å². The van der Waals surface area contributed by atoms with E-state index in [1.807, 2.05) is 0 Å². The summed E-state index contributed by atoms with van der Waals surface area (Å²) >= 11 is 0. The molecule has 5 atom stereocenters. The summed E-state index contributed by atoms with van der Waals surface area (Å²) in [5.41, 5.74) is 0. The molecule has 108 valence electrons. The van der Waals surface area contributed by atoms with E-state index in [4.69, 9.17) is 14.6 Å². The standard InChI is InChI=1S/C12H16O6.H2O/c13-6-8-9(14)10(15)11(16)12(18-8)17-7-4-2-1-3-5-7;/h1-5,8-16H,6H2;1H2/t8-,9-,10+,11-,12-;/m1./s1. The Bertz CT molecular complexity index is 370. The van der Waals surface area contributed by atoms with Gasteiger partial charge >= 0.3 is 0 Å². The molecule has 0 unspecified atom stereocenters. The van der Waals surface area contributed by atoms with E-state index >= 15 is 0 Å². The van der Waals surface area contributed by atoms with Gasteiger partial charge in [0.25, 0.3) is 0 Å². The summed E-state index contributed by atoms with van der Waals surface area (Å²) in [6, 6.07) is 8.64. The molecule has 1 heterocycles. The van der Waals surface area contributed by atoms with E-state index in [1.165, 1.54) is 0 Å². The van der Waals surface area contributed by atoms with Crippen LogP contribution in [0.1, 0.15) is 0 Å². The number of para-hydroxylation sites is 1. The number of aliphatic hydroxyl groups excluding tert-OH is 4. The fourth-order valence-electron chi connectivity index (χ4n) is 1.80. The molecule has 2 rings (SSSR count). The van der Waals surface area contributed by atoms with Crippen molar-refractivity contribution in [3.63, 3.8) is 0 Å². The second kappa shape index (κ2) is 6.80. The van der Waals surface area contributed by atoms with Gasteiger partial charge in [-0.05, 0) is 12.1 Å². The Hall–Kier alpha value is -1.22. The molecule has 1 fully saturated rings. The quantitative estimate of drug-likeness (QED) is 0.506. The Labute approximate surface area is 110 Å². The highest BCUT2D eigenvalue weighted by Gasteiger charge is 2.44. The van der Waals surface area contributed by atoms with Gasteiger partial charge in [0.05, 0.1) is 6.61 Å². The van der Waals surface area contributed by atoms with E-state index in [-0.39, 0.29) is 5.48 Å². The number of hydrogen-bond donors (Lipinski definition) is 4. The Morgan fingerprint density at radius 1 is 1.00 bits per heavy atom. The van der Waals surface area contributed by atoms with Crippen LogP contribution in [0.15, 0.2) is 30.3 Å². The van der Waals surface area contributed by atoms with Gasteiger partial charge in [-0.2, -0.15) is 0 Å². The first-order chi connectivity index (χ1) is 8.63. The van der Waals surface area contributed by atoms with Gasteiger partial charge in [-0.1, -0.05) is 18.2 Å². The number of benzene rings is 1. The fourth-order valence-corrected chi connectivity index (χ4v) is 1.80. The molecule has 0 amide bonds. The average Bonchev–Trinajstić information content (AvgIpc) is 2.40. The minimum Gasteiger partial charge on any atom is -0.462 e. The Morgan fingerprint density at radius 3 is 2.21 bits per heavy atom. The van der Waals surface area contributed by atoms with Crippen LogP contribution in [0.4, 0.5) is 0 Å². The molecule has 0 radical (unpaired) electrons. The van der Waals surface area contributed by atoms with Gasteiger partial charge in [-0.15, -0.1) is 0 Å². The molecule has 1 aromatic carbocycles. The second-order valence-electron chi connectivity index (χ2n) is 4.13. The van der Waals surface area contributed by atoms with Crippen molar-refractivity contribution in [1.29, 1.82) is 0 Å². The first-order valence-corrected chi connectivity index (χ1v) is 5.65. The largest absolute Gasteiger partial charge is 0.462 e. The lowest BCUT2D eigenvalue weighted by Gasteiger charge is -2.39. The van der Waals surface area contributed by atoms with Crippen LogP contribution in [-0.2, 0) is 4.74 Å². The monoisotopic (exact) mass is 274 g/mol. The lowest BCUT2D eigenvalue weighted by molar-refractivity contribution is -0.277. The van der Waals surface area contributed by atoms with Crippen molar-refractivity contribution >= 4 is 0 Å². The summed E-state index contributed by atoms with van der Waals surface area (Å²) in [4.78, 5) is 0. The van der Waals surface area contributed by atoms with Crippen molar-refractivity contribution in [3.8, 4) is 5.75 Å². The highest BCUT2D eigenvalue weighted by molar-refractivity contribution is 5.21. The van der Waals surface area contributed by atoms with Crippen molar-refractivity contribution in [2.45, 2.75) is 30.7 Å². The minimum absolute atomic E-state index is 0. The van der Waals surface area contributed by atoms with Gasteiger partial charge in [-0.25, -0.2) is 0 Å². The molecule has 0 saturated carbocycles. The molecule has 19 heavy (non-hydrogen) atoms. The molecular weight excluding hydrogens is 256 g/mol. The molecule has 1 aliphatic rings. The third kappa shape index (κ3) is 3.41. The highest BCUT2D eigenvalue weighted by Crippen LogP contribution is 2.23. The summed E-state index contributed by atoms with van der Waals surface area (Å²) in [7, 11) is 0. The SMILES string of the molecule is O.OC[C@H]1O[C@@H](Oc2ccccc2)[C@H](O)[C@@H](O)[C@@H]1O. The Kier molecular flexibility index (Phi) is 5.67. The van der Waals surface area contributed by atoms with Crippen molar-refractivity contribution in [2.24, 2.45) is 0 Å². The summed E-state index contributed by atoms with van der Waals surface area (Å²) in [5.74, 6) is 0.460. The molecule has 7 heteroatoms. The van der Waals surface area contributed by atoms with Crippen LogP contribution in [0.25, 0.3) is 0 Å². The van der Waals surface area contributed by atoms with Gasteiger partial charge in [0.2, 0.25) is 6.29 Å². The van der Waals surface area contributed by atoms with Gasteiger partial charge in [0.15, 0.2) is 0 Å². The van der Waals surface area contributed by atoms with Gasteiger partial charge in [0, 0.05) is 0 Å². The van der Waals surface area contributed by atoms with Crippen LogP contribution in [0.3, 0.4) is 0 Å². The molecule has 1 saturated heterocycles. The van der Waals surface area contributed by atoms with Crippen LogP contribution in [0.2, 0.25) is 0 Å². The molecule has 7 nitrogen and oxygen atoms in total. The van der Waals surface area contributed by atoms with E-state index in [0.29, 0.717) is 5.75 Å². The molecule has 0 aromatic heterocycles. The topological polar surface area (TPSA) is 131 Å². The fraction of sp³-hybridized carbons (Fsp3) is 0.500. The molecular formula is C12H18O7. The lowest BCUT2D eigenvalue weighted by Crippen LogP contribution is -2.60. The third-order valence-corrected chi connectivity index (χ3v) is 2.84. The number of ether oxygens (including phenoxy) is 2. The highest BCUT2D eigenvalue weighted by atomic mass is 16.7. The zero-order valence-corrected chi connectivity index (χ0v) is 10.1. The molecule has 1 aliphatic heterocycles. The maximum absolute atomic E-state index is 9.74. The van der Waals surface area contributed by atoms with Crippen molar-refractivity contribution in [2.75, 3.05) is 6.61 Å². The van der Waals surface area contributed by atoms with Gasteiger partial charge in [-0.3, -0.25) is 0 Å². The van der Waals surface area contributed by atoms with E-state index in [2.05, 4.69) is 0 Å². The van der Waals surface area contributed by atoms with Crippen molar-refractivity contribution < 1.29 is 35.4 Å². The summed E-state index contributed by atoms with van der Waals surface area (Å²) in [6.07, 6.45) is -6.28. The van der Waals surface area contributed by atoms with Crippen LogP contribution in [-0.4, -0.2) is 63.2 Å². The average molecular weight is 274 g/mol. The smallest absolute Gasteiger partial charge is 0.229 e. The van der Waals surface area contributed by atoms with E-state index in [9.17, 15) is 15.3 Å². The predicted octanol–water partition coefficient (Wildman–Crippen LogP) is -1.96. The third-order valence-electron chi connectivity index (χ3n) is 2.84. The second-order valence-corrected chi connectivity index (χ2v) is 4.13. The zero-order chi connectivity index (χ0) is 13.1. The lowest BCUT2D eigenvalue weighted by atomic mass is 9.99. The van der Waals surface area contributed by atoms with Gasteiger partial charge < -0.3 is 35.4 Å². The van der Waals surface area contributed by atoms with Crippen LogP contribution < -0.4 is 4.74 Å².